The third kappa shape index (κ3) is 4.62. The Bertz CT molecular complexity index is 496. The van der Waals surface area contributed by atoms with Gasteiger partial charge in [-0.25, -0.2) is 0 Å². The van der Waals surface area contributed by atoms with Gasteiger partial charge in [-0.05, 0) is 43.0 Å². The molecule has 0 aromatic heterocycles. The quantitative estimate of drug-likeness (QED) is 0.714. The average Bonchev–Trinajstić information content (AvgIpc) is 2.24. The van der Waals surface area contributed by atoms with Crippen LogP contribution >= 0.6 is 0 Å². The summed E-state index contributed by atoms with van der Waals surface area (Å²) < 4.78 is 0. The molecule has 0 bridgehead atoms. The molecule has 0 fully saturated rings. The van der Waals surface area contributed by atoms with E-state index in [1.807, 2.05) is 0 Å². The van der Waals surface area contributed by atoms with Gasteiger partial charge in [0.1, 0.15) is 5.75 Å². The summed E-state index contributed by atoms with van der Waals surface area (Å²) in [6, 6.07) is 3.29. The number of carboxylic acid groups (broad SMARTS) is 1. The number of carbonyl (C=O) groups is 2. The Morgan fingerprint density at radius 3 is 2.42 bits per heavy atom. The third-order valence-corrected chi connectivity index (χ3v) is 2.87. The largest absolute Gasteiger partial charge is 0.508 e. The lowest BCUT2D eigenvalue weighted by Crippen LogP contribution is -2.17. The van der Waals surface area contributed by atoms with Crippen LogP contribution in [0.4, 0.5) is 5.69 Å². The number of rotatable bonds is 5. The lowest BCUT2D eigenvalue weighted by Gasteiger charge is -2.12. The lowest BCUT2D eigenvalue weighted by atomic mass is 10.0. The molecule has 19 heavy (non-hydrogen) atoms. The third-order valence-electron chi connectivity index (χ3n) is 2.87. The van der Waals surface area contributed by atoms with Gasteiger partial charge in [-0.2, -0.15) is 0 Å². The maximum atomic E-state index is 11.8. The second kappa shape index (κ2) is 6.22. The number of aromatic hydroxyl groups is 1. The Morgan fingerprint density at radius 2 is 1.84 bits per heavy atom. The van der Waals surface area contributed by atoms with Gasteiger partial charge in [0.2, 0.25) is 5.91 Å². The lowest BCUT2D eigenvalue weighted by molar-refractivity contribution is -0.138. The molecule has 0 heterocycles. The normalized spacial score (nSPS) is 11.9. The number of anilines is 1. The summed E-state index contributed by atoms with van der Waals surface area (Å²) >= 11 is 0. The highest BCUT2D eigenvalue weighted by atomic mass is 16.4. The average molecular weight is 265 g/mol. The Hall–Kier alpha value is -2.04. The van der Waals surface area contributed by atoms with Gasteiger partial charge in [-0.3, -0.25) is 9.59 Å². The van der Waals surface area contributed by atoms with E-state index < -0.39 is 5.97 Å². The predicted molar refractivity (Wildman–Crippen MR) is 72.2 cm³/mol. The second-order valence-electron chi connectivity index (χ2n) is 4.91. The Balaban J connectivity index is 2.67. The molecule has 5 heteroatoms. The summed E-state index contributed by atoms with van der Waals surface area (Å²) in [6.45, 7) is 5.26. The van der Waals surface area contributed by atoms with E-state index in [1.54, 1.807) is 32.9 Å². The molecule has 1 aromatic rings. The molecular weight excluding hydrogens is 246 g/mol. The standard InChI is InChI=1S/C14H19NO4/c1-8(5-14(18)19)4-13(17)15-11-6-10(3)12(16)7-9(11)2/h6-8,16H,4-5H2,1-3H3,(H,15,17)(H,18,19). The fourth-order valence-electron chi connectivity index (χ4n) is 1.82. The monoisotopic (exact) mass is 265 g/mol. The summed E-state index contributed by atoms with van der Waals surface area (Å²) in [6.07, 6.45) is 0.132. The number of amides is 1. The minimum Gasteiger partial charge on any atom is -0.508 e. The zero-order chi connectivity index (χ0) is 14.6. The Kier molecular flexibility index (Phi) is 4.92. The summed E-state index contributed by atoms with van der Waals surface area (Å²) in [5.41, 5.74) is 2.09. The van der Waals surface area contributed by atoms with Crippen LogP contribution in [0, 0.1) is 19.8 Å². The molecule has 0 aliphatic carbocycles. The van der Waals surface area contributed by atoms with Gasteiger partial charge in [0.15, 0.2) is 0 Å². The van der Waals surface area contributed by atoms with E-state index in [2.05, 4.69) is 5.32 Å². The van der Waals surface area contributed by atoms with Crippen molar-refractivity contribution in [3.8, 4) is 5.75 Å². The minimum absolute atomic E-state index is 0.0268. The van der Waals surface area contributed by atoms with E-state index in [9.17, 15) is 14.7 Å². The van der Waals surface area contributed by atoms with Crippen molar-refractivity contribution in [3.63, 3.8) is 0 Å². The molecule has 0 saturated carbocycles. The molecule has 1 rings (SSSR count). The van der Waals surface area contributed by atoms with Gasteiger partial charge in [-0.15, -0.1) is 0 Å². The van der Waals surface area contributed by atoms with Crippen molar-refractivity contribution in [1.82, 2.24) is 0 Å². The van der Waals surface area contributed by atoms with Gasteiger partial charge in [-0.1, -0.05) is 6.92 Å². The van der Waals surface area contributed by atoms with Crippen LogP contribution in [0.1, 0.15) is 30.9 Å². The molecule has 0 aliphatic heterocycles. The van der Waals surface area contributed by atoms with Crippen LogP contribution in [-0.2, 0) is 9.59 Å². The summed E-state index contributed by atoms with van der Waals surface area (Å²) in [5.74, 6) is -1.15. The first-order valence-corrected chi connectivity index (χ1v) is 6.11. The number of phenols is 1. The van der Waals surface area contributed by atoms with E-state index in [4.69, 9.17) is 5.11 Å². The number of carboxylic acids is 1. The van der Waals surface area contributed by atoms with Gasteiger partial charge in [0.05, 0.1) is 0 Å². The van der Waals surface area contributed by atoms with Crippen molar-refractivity contribution in [1.29, 1.82) is 0 Å². The van der Waals surface area contributed by atoms with Crippen molar-refractivity contribution < 1.29 is 19.8 Å². The SMILES string of the molecule is Cc1cc(NC(=O)CC(C)CC(=O)O)c(C)cc1O. The zero-order valence-corrected chi connectivity index (χ0v) is 11.4. The van der Waals surface area contributed by atoms with Crippen molar-refractivity contribution in [2.45, 2.75) is 33.6 Å². The van der Waals surface area contributed by atoms with Crippen molar-refractivity contribution in [3.05, 3.63) is 23.3 Å². The van der Waals surface area contributed by atoms with Gasteiger partial charge in [0, 0.05) is 18.5 Å². The first-order valence-electron chi connectivity index (χ1n) is 6.11. The Morgan fingerprint density at radius 1 is 1.21 bits per heavy atom. The maximum absolute atomic E-state index is 11.8. The first kappa shape index (κ1) is 15.0. The fraction of sp³-hybridized carbons (Fsp3) is 0.429. The van der Waals surface area contributed by atoms with E-state index >= 15 is 0 Å². The highest BCUT2D eigenvalue weighted by molar-refractivity contribution is 5.92. The van der Waals surface area contributed by atoms with Crippen LogP contribution in [0.25, 0.3) is 0 Å². The number of aliphatic carboxylic acids is 1. The molecule has 0 radical (unpaired) electrons. The number of aryl methyl sites for hydroxylation is 2. The molecule has 1 unspecified atom stereocenters. The number of nitrogens with one attached hydrogen (secondary N) is 1. The van der Waals surface area contributed by atoms with Crippen molar-refractivity contribution in [2.24, 2.45) is 5.92 Å². The van der Waals surface area contributed by atoms with Crippen molar-refractivity contribution in [2.75, 3.05) is 5.32 Å². The van der Waals surface area contributed by atoms with Gasteiger partial charge >= 0.3 is 5.97 Å². The molecular formula is C14H19NO4. The smallest absolute Gasteiger partial charge is 0.303 e. The number of hydrogen-bond donors (Lipinski definition) is 3. The predicted octanol–water partition coefficient (Wildman–Crippen LogP) is 2.45. The highest BCUT2D eigenvalue weighted by Gasteiger charge is 2.14. The molecule has 3 N–H and O–H groups in total. The molecule has 1 atom stereocenters. The molecule has 1 aromatic carbocycles. The molecule has 104 valence electrons. The fourth-order valence-corrected chi connectivity index (χ4v) is 1.82. The summed E-state index contributed by atoms with van der Waals surface area (Å²) in [5, 5.41) is 20.9. The second-order valence-corrected chi connectivity index (χ2v) is 4.91. The minimum atomic E-state index is -0.906. The molecule has 0 aliphatic rings. The van der Waals surface area contributed by atoms with E-state index in [0.717, 1.165) is 5.56 Å². The van der Waals surface area contributed by atoms with Crippen LogP contribution in [0.2, 0.25) is 0 Å². The van der Waals surface area contributed by atoms with Gasteiger partial charge < -0.3 is 15.5 Å². The van der Waals surface area contributed by atoms with Gasteiger partial charge in [0.25, 0.3) is 0 Å². The molecule has 5 nitrogen and oxygen atoms in total. The maximum Gasteiger partial charge on any atom is 0.303 e. The zero-order valence-electron chi connectivity index (χ0n) is 11.4. The van der Waals surface area contributed by atoms with Crippen LogP contribution in [0.5, 0.6) is 5.75 Å². The van der Waals surface area contributed by atoms with Crippen LogP contribution in [0.3, 0.4) is 0 Å². The molecule has 0 saturated heterocycles. The summed E-state index contributed by atoms with van der Waals surface area (Å²) in [7, 11) is 0. The topological polar surface area (TPSA) is 86.6 Å². The number of phenolic OH excluding ortho intramolecular Hbond substituents is 1. The van der Waals surface area contributed by atoms with E-state index in [-0.39, 0.29) is 30.4 Å². The molecule has 0 spiro atoms. The van der Waals surface area contributed by atoms with Crippen LogP contribution in [-0.4, -0.2) is 22.1 Å². The van der Waals surface area contributed by atoms with E-state index in [1.165, 1.54) is 0 Å². The van der Waals surface area contributed by atoms with Crippen LogP contribution in [0.15, 0.2) is 12.1 Å². The van der Waals surface area contributed by atoms with E-state index in [0.29, 0.717) is 11.3 Å². The Labute approximate surface area is 112 Å². The number of hydrogen-bond acceptors (Lipinski definition) is 3. The van der Waals surface area contributed by atoms with Crippen molar-refractivity contribution >= 4 is 17.6 Å². The number of benzene rings is 1. The molecule has 1 amide bonds. The summed E-state index contributed by atoms with van der Waals surface area (Å²) in [4.78, 5) is 22.3. The first-order chi connectivity index (χ1) is 8.79. The van der Waals surface area contributed by atoms with Crippen LogP contribution < -0.4 is 5.32 Å². The number of carbonyl (C=O) groups excluding carboxylic acids is 1. The highest BCUT2D eigenvalue weighted by Crippen LogP contribution is 2.25.